The zero-order valence-corrected chi connectivity index (χ0v) is 10.1. The van der Waals surface area contributed by atoms with E-state index in [1.807, 2.05) is 42.5 Å². The van der Waals surface area contributed by atoms with Gasteiger partial charge in [0.1, 0.15) is 11.5 Å². The van der Waals surface area contributed by atoms with Crippen molar-refractivity contribution >= 4 is 10.8 Å². The average molecular weight is 246 g/mol. The lowest BCUT2D eigenvalue weighted by molar-refractivity contribution is 0.486. The molecule has 2 aromatic carbocycles. The van der Waals surface area contributed by atoms with Gasteiger partial charge < -0.3 is 4.74 Å². The first-order chi connectivity index (χ1) is 9.38. The van der Waals surface area contributed by atoms with Crippen LogP contribution in [-0.2, 0) is 0 Å². The maximum Gasteiger partial charge on any atom is 0.145 e. The summed E-state index contributed by atoms with van der Waals surface area (Å²) in [6.07, 6.45) is 3.36. The third-order valence-electron chi connectivity index (χ3n) is 2.87. The molecule has 0 N–H and O–H groups in total. The summed E-state index contributed by atoms with van der Waals surface area (Å²) in [4.78, 5) is 4.02. The second kappa shape index (κ2) is 4.79. The van der Waals surface area contributed by atoms with Crippen LogP contribution in [-0.4, -0.2) is 4.98 Å². The first-order valence-electron chi connectivity index (χ1n) is 5.88. The van der Waals surface area contributed by atoms with Crippen LogP contribution in [0.15, 0.2) is 60.9 Å². The maximum absolute atomic E-state index is 9.12. The molecule has 0 aliphatic heterocycles. The van der Waals surface area contributed by atoms with Crippen molar-refractivity contribution in [2.24, 2.45) is 0 Å². The second-order valence-electron chi connectivity index (χ2n) is 4.06. The van der Waals surface area contributed by atoms with Crippen molar-refractivity contribution in [3.05, 3.63) is 66.5 Å². The molecular formula is C16H10N2O. The minimum atomic E-state index is 0.647. The summed E-state index contributed by atoms with van der Waals surface area (Å²) in [5, 5.41) is 10.9. The van der Waals surface area contributed by atoms with E-state index in [4.69, 9.17) is 10.00 Å². The molecular weight excluding hydrogens is 236 g/mol. The van der Waals surface area contributed by atoms with Crippen molar-refractivity contribution < 1.29 is 4.74 Å². The highest BCUT2D eigenvalue weighted by atomic mass is 16.5. The fourth-order valence-corrected chi connectivity index (χ4v) is 1.99. The highest BCUT2D eigenvalue weighted by Gasteiger charge is 2.07. The summed E-state index contributed by atoms with van der Waals surface area (Å²) in [5.74, 6) is 1.40. The van der Waals surface area contributed by atoms with Crippen LogP contribution in [0.4, 0.5) is 0 Å². The van der Waals surface area contributed by atoms with Crippen LogP contribution >= 0.6 is 0 Å². The molecule has 0 fully saturated rings. The van der Waals surface area contributed by atoms with Crippen molar-refractivity contribution in [3.8, 4) is 17.6 Å². The number of nitriles is 1. The van der Waals surface area contributed by atoms with Crippen molar-refractivity contribution in [1.29, 1.82) is 5.26 Å². The molecule has 1 heterocycles. The van der Waals surface area contributed by atoms with Gasteiger partial charge in [0.05, 0.1) is 17.8 Å². The summed E-state index contributed by atoms with van der Waals surface area (Å²) in [5.41, 5.74) is 0.647. The van der Waals surface area contributed by atoms with Gasteiger partial charge in [-0.05, 0) is 24.3 Å². The average Bonchev–Trinajstić information content (AvgIpc) is 2.49. The van der Waals surface area contributed by atoms with E-state index in [1.54, 1.807) is 18.5 Å². The Balaban J connectivity index is 2.13. The van der Waals surface area contributed by atoms with Gasteiger partial charge in [-0.3, -0.25) is 4.98 Å². The topological polar surface area (TPSA) is 45.9 Å². The SMILES string of the molecule is N#Cc1ccc(Oc2cccnc2)c2ccccc12. The molecule has 3 aromatic rings. The molecule has 0 spiro atoms. The smallest absolute Gasteiger partial charge is 0.145 e. The van der Waals surface area contributed by atoms with Gasteiger partial charge in [0.25, 0.3) is 0 Å². The van der Waals surface area contributed by atoms with Crippen LogP contribution in [0.1, 0.15) is 5.56 Å². The number of benzene rings is 2. The van der Waals surface area contributed by atoms with Gasteiger partial charge in [-0.15, -0.1) is 0 Å². The summed E-state index contributed by atoms with van der Waals surface area (Å²) < 4.78 is 5.82. The third-order valence-corrected chi connectivity index (χ3v) is 2.87. The second-order valence-corrected chi connectivity index (χ2v) is 4.06. The Labute approximate surface area is 110 Å². The lowest BCUT2D eigenvalue weighted by Gasteiger charge is -2.09. The molecule has 0 saturated carbocycles. The molecule has 90 valence electrons. The molecule has 0 bridgehead atoms. The quantitative estimate of drug-likeness (QED) is 0.688. The van der Waals surface area contributed by atoms with Gasteiger partial charge in [-0.25, -0.2) is 0 Å². The lowest BCUT2D eigenvalue weighted by atomic mass is 10.0. The number of hydrogen-bond donors (Lipinski definition) is 0. The number of nitrogens with zero attached hydrogens (tertiary/aromatic N) is 2. The monoisotopic (exact) mass is 246 g/mol. The zero-order chi connectivity index (χ0) is 13.1. The van der Waals surface area contributed by atoms with Gasteiger partial charge >= 0.3 is 0 Å². The molecule has 0 unspecified atom stereocenters. The normalized spacial score (nSPS) is 10.1. The molecule has 1 aromatic heterocycles. The van der Waals surface area contributed by atoms with Gasteiger partial charge in [0.15, 0.2) is 0 Å². The van der Waals surface area contributed by atoms with E-state index in [0.717, 1.165) is 16.5 Å². The summed E-state index contributed by atoms with van der Waals surface area (Å²) in [6, 6.07) is 17.2. The van der Waals surface area contributed by atoms with E-state index in [1.165, 1.54) is 0 Å². The Morgan fingerprint density at radius 3 is 2.53 bits per heavy atom. The molecule has 3 nitrogen and oxygen atoms in total. The number of aromatic nitrogens is 1. The standard InChI is InChI=1S/C16H10N2O/c17-10-12-7-8-16(15-6-2-1-5-14(12)15)19-13-4-3-9-18-11-13/h1-9,11H. The lowest BCUT2D eigenvalue weighted by Crippen LogP contribution is -1.88. The van der Waals surface area contributed by atoms with Crippen LogP contribution in [0.5, 0.6) is 11.5 Å². The first kappa shape index (κ1) is 11.2. The molecule has 0 atom stereocenters. The number of rotatable bonds is 2. The first-order valence-corrected chi connectivity index (χ1v) is 5.88. The van der Waals surface area contributed by atoms with Gasteiger partial charge in [-0.1, -0.05) is 24.3 Å². The van der Waals surface area contributed by atoms with E-state index in [0.29, 0.717) is 11.3 Å². The van der Waals surface area contributed by atoms with Crippen LogP contribution in [0.25, 0.3) is 10.8 Å². The highest BCUT2D eigenvalue weighted by Crippen LogP contribution is 2.31. The van der Waals surface area contributed by atoms with Crippen molar-refractivity contribution in [1.82, 2.24) is 4.98 Å². The molecule has 0 radical (unpaired) electrons. The number of pyridine rings is 1. The highest BCUT2D eigenvalue weighted by molar-refractivity contribution is 5.92. The van der Waals surface area contributed by atoms with Crippen LogP contribution in [0.3, 0.4) is 0 Å². The molecule has 0 aliphatic carbocycles. The Morgan fingerprint density at radius 2 is 1.79 bits per heavy atom. The minimum absolute atomic E-state index is 0.647. The largest absolute Gasteiger partial charge is 0.455 e. The number of fused-ring (bicyclic) bond motifs is 1. The van der Waals surface area contributed by atoms with Gasteiger partial charge in [-0.2, -0.15) is 5.26 Å². The van der Waals surface area contributed by atoms with E-state index >= 15 is 0 Å². The van der Waals surface area contributed by atoms with Crippen LogP contribution < -0.4 is 4.74 Å². The van der Waals surface area contributed by atoms with Crippen molar-refractivity contribution in [2.75, 3.05) is 0 Å². The van der Waals surface area contributed by atoms with E-state index in [-0.39, 0.29) is 0 Å². The molecule has 0 saturated heterocycles. The third kappa shape index (κ3) is 2.12. The molecule has 0 amide bonds. The number of ether oxygens (including phenoxy) is 1. The van der Waals surface area contributed by atoms with Gasteiger partial charge in [0.2, 0.25) is 0 Å². The van der Waals surface area contributed by atoms with Gasteiger partial charge in [0, 0.05) is 17.0 Å². The zero-order valence-electron chi connectivity index (χ0n) is 10.1. The predicted molar refractivity (Wildman–Crippen MR) is 73.0 cm³/mol. The Hall–Kier alpha value is -2.86. The van der Waals surface area contributed by atoms with E-state index in [2.05, 4.69) is 11.1 Å². The minimum Gasteiger partial charge on any atom is -0.455 e. The fraction of sp³-hybridized carbons (Fsp3) is 0. The number of hydrogen-bond acceptors (Lipinski definition) is 3. The van der Waals surface area contributed by atoms with E-state index < -0.39 is 0 Å². The molecule has 3 heteroatoms. The predicted octanol–water partition coefficient (Wildman–Crippen LogP) is 3.90. The summed E-state index contributed by atoms with van der Waals surface area (Å²) in [6.45, 7) is 0. The molecule has 19 heavy (non-hydrogen) atoms. The van der Waals surface area contributed by atoms with Crippen molar-refractivity contribution in [2.45, 2.75) is 0 Å². The summed E-state index contributed by atoms with van der Waals surface area (Å²) in [7, 11) is 0. The van der Waals surface area contributed by atoms with E-state index in [9.17, 15) is 0 Å². The van der Waals surface area contributed by atoms with Crippen molar-refractivity contribution in [3.63, 3.8) is 0 Å². The van der Waals surface area contributed by atoms with Crippen LogP contribution in [0.2, 0.25) is 0 Å². The molecule has 0 aliphatic rings. The fourth-order valence-electron chi connectivity index (χ4n) is 1.99. The Bertz CT molecular complexity index is 761. The Morgan fingerprint density at radius 1 is 0.947 bits per heavy atom. The Kier molecular flexibility index (Phi) is 2.83. The van der Waals surface area contributed by atoms with Crippen LogP contribution in [0, 0.1) is 11.3 Å². The maximum atomic E-state index is 9.12. The molecule has 3 rings (SSSR count). The summed E-state index contributed by atoms with van der Waals surface area (Å²) >= 11 is 0.